The summed E-state index contributed by atoms with van der Waals surface area (Å²) >= 11 is 0. The van der Waals surface area contributed by atoms with Crippen LogP contribution < -0.4 is 5.73 Å². The summed E-state index contributed by atoms with van der Waals surface area (Å²) in [5.74, 6) is 0.224. The lowest BCUT2D eigenvalue weighted by Gasteiger charge is -2.36. The SMILES string of the molecule is [2H]C1[C@@H](F)[C@H](n2cnc3c(N)ncnc32)O[C@@H]1CO[Si](C)(C)C(C)(C)C. The van der Waals surface area contributed by atoms with E-state index in [1.165, 1.54) is 17.2 Å². The quantitative estimate of drug-likeness (QED) is 0.835. The van der Waals surface area contributed by atoms with Crippen LogP contribution in [-0.4, -0.2) is 46.7 Å². The fourth-order valence-corrected chi connectivity index (χ4v) is 3.49. The van der Waals surface area contributed by atoms with Gasteiger partial charge in [-0.3, -0.25) is 4.57 Å². The second-order valence-corrected chi connectivity index (χ2v) is 12.7. The van der Waals surface area contributed by atoms with Crippen LogP contribution in [0.1, 0.15) is 34.8 Å². The van der Waals surface area contributed by atoms with E-state index in [2.05, 4.69) is 48.8 Å². The van der Waals surface area contributed by atoms with Crippen LogP contribution in [0.5, 0.6) is 0 Å². The number of hydrogen-bond acceptors (Lipinski definition) is 6. The number of nitrogen functional groups attached to an aromatic ring is 1. The van der Waals surface area contributed by atoms with Gasteiger partial charge in [0.1, 0.15) is 18.0 Å². The largest absolute Gasteiger partial charge is 0.414 e. The highest BCUT2D eigenvalue weighted by Crippen LogP contribution is 2.38. The number of hydrogen-bond donors (Lipinski definition) is 1. The lowest BCUT2D eigenvalue weighted by molar-refractivity contribution is -0.0331. The molecule has 0 radical (unpaired) electrons. The van der Waals surface area contributed by atoms with Gasteiger partial charge < -0.3 is 14.9 Å². The molecule has 1 aliphatic heterocycles. The second kappa shape index (κ2) is 6.29. The van der Waals surface area contributed by atoms with Crippen LogP contribution in [-0.2, 0) is 9.16 Å². The van der Waals surface area contributed by atoms with Gasteiger partial charge in [-0.2, -0.15) is 0 Å². The number of aromatic nitrogens is 4. The number of anilines is 1. The van der Waals surface area contributed by atoms with Crippen molar-refractivity contribution < 1.29 is 14.9 Å². The average molecular weight is 369 g/mol. The molecule has 0 saturated carbocycles. The van der Waals surface area contributed by atoms with Crippen molar-refractivity contribution in [3.63, 3.8) is 0 Å². The zero-order chi connectivity index (χ0) is 19.3. The minimum atomic E-state index is -2.01. The molecule has 0 amide bonds. The Bertz CT molecular complexity index is 797. The van der Waals surface area contributed by atoms with E-state index in [0.29, 0.717) is 11.2 Å². The average Bonchev–Trinajstić information content (AvgIpc) is 3.08. The molecule has 3 heterocycles. The number of imidazole rings is 1. The van der Waals surface area contributed by atoms with E-state index in [0.717, 1.165) is 0 Å². The molecule has 0 spiro atoms. The zero-order valence-corrected chi connectivity index (χ0v) is 16.2. The first kappa shape index (κ1) is 16.9. The third-order valence-corrected chi connectivity index (χ3v) is 9.56. The van der Waals surface area contributed by atoms with Gasteiger partial charge in [-0.25, -0.2) is 19.3 Å². The Morgan fingerprint density at radius 1 is 1.44 bits per heavy atom. The molecular formula is C16H26FN5O2Si. The Labute approximate surface area is 149 Å². The first-order chi connectivity index (χ1) is 12.0. The highest BCUT2D eigenvalue weighted by molar-refractivity contribution is 6.74. The second-order valence-electron chi connectivity index (χ2n) is 7.86. The number of nitrogens with zero attached hydrogens (tertiary/aromatic N) is 4. The van der Waals surface area contributed by atoms with Crippen LogP contribution in [0.3, 0.4) is 0 Å². The summed E-state index contributed by atoms with van der Waals surface area (Å²) in [5.41, 5.74) is 6.57. The first-order valence-corrected chi connectivity index (χ1v) is 11.2. The van der Waals surface area contributed by atoms with Gasteiger partial charge in [-0.15, -0.1) is 0 Å². The van der Waals surface area contributed by atoms with Gasteiger partial charge >= 0.3 is 0 Å². The molecule has 2 aromatic rings. The first-order valence-electron chi connectivity index (χ1n) is 8.89. The molecule has 1 fully saturated rings. The molecule has 3 rings (SSSR count). The van der Waals surface area contributed by atoms with Gasteiger partial charge in [0, 0.05) is 7.77 Å². The normalized spacial score (nSPS) is 28.5. The van der Waals surface area contributed by atoms with E-state index in [9.17, 15) is 4.39 Å². The van der Waals surface area contributed by atoms with Crippen molar-refractivity contribution in [2.45, 2.75) is 63.8 Å². The zero-order valence-electron chi connectivity index (χ0n) is 16.2. The van der Waals surface area contributed by atoms with E-state index in [1.807, 2.05) is 0 Å². The lowest BCUT2D eigenvalue weighted by Crippen LogP contribution is -2.42. The van der Waals surface area contributed by atoms with Crippen LogP contribution in [0, 0.1) is 0 Å². The smallest absolute Gasteiger partial charge is 0.192 e. The summed E-state index contributed by atoms with van der Waals surface area (Å²) in [5, 5.41) is 0.0344. The standard InChI is InChI=1S/C16H26FN5O2Si/c1-16(2,3)25(4,5)23-7-10-6-11(17)15(24-10)22-9-21-12-13(18)19-8-20-14(12)22/h8-11,15H,6-7H2,1-5H3,(H2,18,19,20)/t10-,11+,15+/m0/s1/i6D/t6?,10-,11+,15+. The number of nitrogens with two attached hydrogens (primary N) is 1. The Morgan fingerprint density at radius 3 is 2.84 bits per heavy atom. The number of alkyl halides is 1. The maximum Gasteiger partial charge on any atom is 0.192 e. The predicted molar refractivity (Wildman–Crippen MR) is 96.3 cm³/mol. The van der Waals surface area contributed by atoms with Crippen LogP contribution in [0.2, 0.25) is 18.1 Å². The minimum Gasteiger partial charge on any atom is -0.414 e. The fourth-order valence-electron chi connectivity index (χ4n) is 2.48. The molecule has 1 saturated heterocycles. The molecular weight excluding hydrogens is 341 g/mol. The maximum absolute atomic E-state index is 14.8. The summed E-state index contributed by atoms with van der Waals surface area (Å²) in [6.45, 7) is 10.8. The van der Waals surface area contributed by atoms with Crippen LogP contribution >= 0.6 is 0 Å². The molecule has 0 aromatic carbocycles. The summed E-state index contributed by atoms with van der Waals surface area (Å²) < 4.78 is 36.4. The third kappa shape index (κ3) is 3.40. The topological polar surface area (TPSA) is 88.1 Å². The van der Waals surface area contributed by atoms with Gasteiger partial charge in [0.15, 0.2) is 26.0 Å². The van der Waals surface area contributed by atoms with Crippen molar-refractivity contribution >= 4 is 25.3 Å². The molecule has 138 valence electrons. The molecule has 9 heteroatoms. The van der Waals surface area contributed by atoms with Crippen molar-refractivity contribution in [2.24, 2.45) is 0 Å². The Kier molecular flexibility index (Phi) is 4.25. The van der Waals surface area contributed by atoms with Crippen molar-refractivity contribution in [3.8, 4) is 0 Å². The maximum atomic E-state index is 14.8. The highest BCUT2D eigenvalue weighted by Gasteiger charge is 2.41. The molecule has 1 aliphatic rings. The minimum absolute atomic E-state index is 0.0344. The van der Waals surface area contributed by atoms with Gasteiger partial charge in [0.25, 0.3) is 0 Å². The van der Waals surface area contributed by atoms with Gasteiger partial charge in [-0.05, 0) is 18.1 Å². The molecule has 1 unspecified atom stereocenters. The number of ether oxygens (including phenoxy) is 1. The molecule has 7 nitrogen and oxygen atoms in total. The van der Waals surface area contributed by atoms with Gasteiger partial charge in [0.2, 0.25) is 0 Å². The summed E-state index contributed by atoms with van der Waals surface area (Å²) in [6.07, 6.45) is -1.46. The molecule has 0 bridgehead atoms. The summed E-state index contributed by atoms with van der Waals surface area (Å²) in [4.78, 5) is 12.2. The van der Waals surface area contributed by atoms with E-state index in [-0.39, 0.29) is 17.5 Å². The third-order valence-electron chi connectivity index (χ3n) is 5.06. The highest BCUT2D eigenvalue weighted by atomic mass is 28.4. The van der Waals surface area contributed by atoms with Crippen molar-refractivity contribution in [3.05, 3.63) is 12.7 Å². The van der Waals surface area contributed by atoms with Crippen LogP contribution in [0.4, 0.5) is 10.2 Å². The molecule has 25 heavy (non-hydrogen) atoms. The summed E-state index contributed by atoms with van der Waals surface area (Å²) in [6, 6.07) is 0. The van der Waals surface area contributed by atoms with Crippen molar-refractivity contribution in [1.82, 2.24) is 19.5 Å². The van der Waals surface area contributed by atoms with Crippen LogP contribution in [0.15, 0.2) is 12.7 Å². The Morgan fingerprint density at radius 2 is 2.16 bits per heavy atom. The van der Waals surface area contributed by atoms with E-state index >= 15 is 0 Å². The molecule has 2 aromatic heterocycles. The fraction of sp³-hybridized carbons (Fsp3) is 0.688. The van der Waals surface area contributed by atoms with E-state index in [1.54, 1.807) is 0 Å². The number of rotatable bonds is 4. The molecule has 4 atom stereocenters. The van der Waals surface area contributed by atoms with Gasteiger partial charge in [0.05, 0.1) is 19.0 Å². The monoisotopic (exact) mass is 368 g/mol. The molecule has 2 N–H and O–H groups in total. The number of halogens is 1. The lowest BCUT2D eigenvalue weighted by atomic mass is 10.2. The van der Waals surface area contributed by atoms with E-state index in [4.69, 9.17) is 16.3 Å². The number of fused-ring (bicyclic) bond motifs is 1. The van der Waals surface area contributed by atoms with E-state index < -0.39 is 33.2 Å². The van der Waals surface area contributed by atoms with Gasteiger partial charge in [-0.1, -0.05) is 20.8 Å². The predicted octanol–water partition coefficient (Wildman–Crippen LogP) is 3.06. The molecule has 0 aliphatic carbocycles. The van der Waals surface area contributed by atoms with Crippen molar-refractivity contribution in [1.29, 1.82) is 0 Å². The Balaban J connectivity index is 1.78. The van der Waals surface area contributed by atoms with Crippen molar-refractivity contribution in [2.75, 3.05) is 12.3 Å². The Hall–Kier alpha value is -1.58. The summed E-state index contributed by atoms with van der Waals surface area (Å²) in [7, 11) is -2.01. The van der Waals surface area contributed by atoms with Crippen LogP contribution in [0.25, 0.3) is 11.2 Å².